The highest BCUT2D eigenvalue weighted by atomic mass is 19.1. The first-order valence-corrected chi connectivity index (χ1v) is 6.39. The van der Waals surface area contributed by atoms with Gasteiger partial charge in [0.05, 0.1) is 6.04 Å². The van der Waals surface area contributed by atoms with Crippen LogP contribution in [0.3, 0.4) is 0 Å². The lowest BCUT2D eigenvalue weighted by Gasteiger charge is -2.14. The Hall–Kier alpha value is -2.16. The van der Waals surface area contributed by atoms with Crippen LogP contribution in [0.4, 0.5) is 4.39 Å². The number of aryl methyl sites for hydroxylation is 1. The lowest BCUT2D eigenvalue weighted by atomic mass is 10.1. The topological polar surface area (TPSA) is 29.1 Å². The highest BCUT2D eigenvalue weighted by molar-refractivity contribution is 5.94. The van der Waals surface area contributed by atoms with Crippen molar-refractivity contribution < 1.29 is 9.18 Å². The van der Waals surface area contributed by atoms with Gasteiger partial charge in [0.15, 0.2) is 0 Å². The van der Waals surface area contributed by atoms with Gasteiger partial charge in [0.2, 0.25) is 0 Å². The molecule has 0 bridgehead atoms. The Balaban J connectivity index is 1.82. The molecule has 0 heterocycles. The zero-order valence-electron chi connectivity index (χ0n) is 10.4. The lowest BCUT2D eigenvalue weighted by Crippen LogP contribution is -2.27. The molecule has 0 saturated heterocycles. The van der Waals surface area contributed by atoms with Gasteiger partial charge in [-0.1, -0.05) is 30.3 Å². The Morgan fingerprint density at radius 3 is 2.68 bits per heavy atom. The maximum absolute atomic E-state index is 13.8. The van der Waals surface area contributed by atoms with E-state index in [0.29, 0.717) is 11.1 Å². The molecule has 3 rings (SSSR count). The monoisotopic (exact) mass is 255 g/mol. The summed E-state index contributed by atoms with van der Waals surface area (Å²) >= 11 is 0. The molecule has 1 aliphatic carbocycles. The molecular weight excluding hydrogens is 241 g/mol. The standard InChI is InChI=1S/C16H14FNO/c17-13-8-4-7-11-9-10-14(15(11)13)18-16(19)12-5-2-1-3-6-12/h1-8,14H,9-10H2,(H,18,19)/t14-/m1/s1. The van der Waals surface area contributed by atoms with E-state index < -0.39 is 0 Å². The van der Waals surface area contributed by atoms with Gasteiger partial charge < -0.3 is 5.32 Å². The van der Waals surface area contributed by atoms with Gasteiger partial charge in [-0.15, -0.1) is 0 Å². The van der Waals surface area contributed by atoms with Gasteiger partial charge in [-0.25, -0.2) is 4.39 Å². The second kappa shape index (κ2) is 4.84. The van der Waals surface area contributed by atoms with Crippen LogP contribution in [-0.4, -0.2) is 5.91 Å². The molecule has 96 valence electrons. The van der Waals surface area contributed by atoms with E-state index >= 15 is 0 Å². The summed E-state index contributed by atoms with van der Waals surface area (Å²) in [5, 5.41) is 2.91. The van der Waals surface area contributed by atoms with E-state index in [1.807, 2.05) is 24.3 Å². The first-order valence-electron chi connectivity index (χ1n) is 6.39. The van der Waals surface area contributed by atoms with Crippen LogP contribution < -0.4 is 5.32 Å². The molecule has 0 fully saturated rings. The number of hydrogen-bond donors (Lipinski definition) is 1. The van der Waals surface area contributed by atoms with Crippen LogP contribution in [-0.2, 0) is 6.42 Å². The van der Waals surface area contributed by atoms with Crippen molar-refractivity contribution in [2.24, 2.45) is 0 Å². The van der Waals surface area contributed by atoms with Gasteiger partial charge in [-0.3, -0.25) is 4.79 Å². The summed E-state index contributed by atoms with van der Waals surface area (Å²) in [5.41, 5.74) is 2.25. The van der Waals surface area contributed by atoms with Gasteiger partial charge in [-0.2, -0.15) is 0 Å². The number of halogens is 1. The third-order valence-electron chi connectivity index (χ3n) is 3.54. The molecule has 0 unspecified atom stereocenters. The van der Waals surface area contributed by atoms with Crippen molar-refractivity contribution >= 4 is 5.91 Å². The summed E-state index contributed by atoms with van der Waals surface area (Å²) in [6, 6.07) is 13.9. The van der Waals surface area contributed by atoms with Crippen LogP contribution in [0, 0.1) is 5.82 Å². The average Bonchev–Trinajstić information content (AvgIpc) is 2.84. The minimum Gasteiger partial charge on any atom is -0.345 e. The molecule has 0 aliphatic heterocycles. The second-order valence-corrected chi connectivity index (χ2v) is 4.74. The molecule has 2 aromatic carbocycles. The van der Waals surface area contributed by atoms with Crippen molar-refractivity contribution in [1.29, 1.82) is 0 Å². The fraction of sp³-hybridized carbons (Fsp3) is 0.188. The van der Waals surface area contributed by atoms with Crippen LogP contribution in [0.1, 0.15) is 33.9 Å². The zero-order chi connectivity index (χ0) is 13.2. The van der Waals surface area contributed by atoms with Crippen LogP contribution in [0.15, 0.2) is 48.5 Å². The normalized spacial score (nSPS) is 17.0. The Bertz CT molecular complexity index is 609. The van der Waals surface area contributed by atoms with E-state index in [1.165, 1.54) is 6.07 Å². The minimum absolute atomic E-state index is 0.151. The molecule has 1 aliphatic rings. The third kappa shape index (κ3) is 2.24. The third-order valence-corrected chi connectivity index (χ3v) is 3.54. The number of hydrogen-bond acceptors (Lipinski definition) is 1. The van der Waals surface area contributed by atoms with Gasteiger partial charge in [-0.05, 0) is 36.6 Å². The summed E-state index contributed by atoms with van der Waals surface area (Å²) in [6.45, 7) is 0. The Kier molecular flexibility index (Phi) is 3.03. The summed E-state index contributed by atoms with van der Waals surface area (Å²) < 4.78 is 13.8. The van der Waals surface area contributed by atoms with Crippen molar-refractivity contribution in [3.8, 4) is 0 Å². The maximum atomic E-state index is 13.8. The highest BCUT2D eigenvalue weighted by Crippen LogP contribution is 2.33. The number of carbonyl (C=O) groups is 1. The zero-order valence-corrected chi connectivity index (χ0v) is 10.4. The fourth-order valence-electron chi connectivity index (χ4n) is 2.61. The van der Waals surface area contributed by atoms with Crippen molar-refractivity contribution in [1.82, 2.24) is 5.32 Å². The quantitative estimate of drug-likeness (QED) is 0.877. The fourth-order valence-corrected chi connectivity index (χ4v) is 2.61. The summed E-state index contributed by atoms with van der Waals surface area (Å²) in [7, 11) is 0. The first kappa shape index (κ1) is 11.9. The summed E-state index contributed by atoms with van der Waals surface area (Å²) in [6.07, 6.45) is 1.57. The molecule has 0 saturated carbocycles. The SMILES string of the molecule is O=C(N[C@@H]1CCc2cccc(F)c21)c1ccccc1. The summed E-state index contributed by atoms with van der Waals surface area (Å²) in [4.78, 5) is 12.1. The number of fused-ring (bicyclic) bond motifs is 1. The molecule has 1 atom stereocenters. The van der Waals surface area contributed by atoms with Gasteiger partial charge in [0.1, 0.15) is 5.82 Å². The maximum Gasteiger partial charge on any atom is 0.251 e. The molecule has 0 aromatic heterocycles. The number of benzene rings is 2. The van der Waals surface area contributed by atoms with Gasteiger partial charge >= 0.3 is 0 Å². The van der Waals surface area contributed by atoms with E-state index in [2.05, 4.69) is 5.32 Å². The number of carbonyl (C=O) groups excluding carboxylic acids is 1. The van der Waals surface area contributed by atoms with Crippen LogP contribution in [0.2, 0.25) is 0 Å². The highest BCUT2D eigenvalue weighted by Gasteiger charge is 2.27. The summed E-state index contributed by atoms with van der Waals surface area (Å²) in [5.74, 6) is -0.380. The Morgan fingerprint density at radius 2 is 1.89 bits per heavy atom. The van der Waals surface area contributed by atoms with Crippen LogP contribution >= 0.6 is 0 Å². The average molecular weight is 255 g/mol. The van der Waals surface area contributed by atoms with Crippen molar-refractivity contribution in [3.05, 3.63) is 71.0 Å². The van der Waals surface area contributed by atoms with E-state index in [0.717, 1.165) is 18.4 Å². The van der Waals surface area contributed by atoms with E-state index in [9.17, 15) is 9.18 Å². The molecule has 19 heavy (non-hydrogen) atoms. The molecule has 2 aromatic rings. The first-order chi connectivity index (χ1) is 9.25. The predicted octanol–water partition coefficient (Wildman–Crippen LogP) is 3.24. The predicted molar refractivity (Wildman–Crippen MR) is 71.4 cm³/mol. The molecule has 1 N–H and O–H groups in total. The number of rotatable bonds is 2. The molecule has 3 heteroatoms. The largest absolute Gasteiger partial charge is 0.345 e. The second-order valence-electron chi connectivity index (χ2n) is 4.74. The molecule has 1 amide bonds. The number of nitrogens with one attached hydrogen (secondary N) is 1. The van der Waals surface area contributed by atoms with Gasteiger partial charge in [0, 0.05) is 11.1 Å². The van der Waals surface area contributed by atoms with Crippen LogP contribution in [0.25, 0.3) is 0 Å². The van der Waals surface area contributed by atoms with Crippen molar-refractivity contribution in [3.63, 3.8) is 0 Å². The number of amides is 1. The van der Waals surface area contributed by atoms with Crippen molar-refractivity contribution in [2.75, 3.05) is 0 Å². The van der Waals surface area contributed by atoms with E-state index in [4.69, 9.17) is 0 Å². The smallest absolute Gasteiger partial charge is 0.251 e. The molecule has 0 radical (unpaired) electrons. The molecular formula is C16H14FNO. The van der Waals surface area contributed by atoms with Gasteiger partial charge in [0.25, 0.3) is 5.91 Å². The van der Waals surface area contributed by atoms with E-state index in [-0.39, 0.29) is 17.8 Å². The Labute approximate surface area is 111 Å². The molecule has 0 spiro atoms. The van der Waals surface area contributed by atoms with E-state index in [1.54, 1.807) is 18.2 Å². The lowest BCUT2D eigenvalue weighted by molar-refractivity contribution is 0.0936. The molecule has 2 nitrogen and oxygen atoms in total. The van der Waals surface area contributed by atoms with Crippen molar-refractivity contribution in [2.45, 2.75) is 18.9 Å². The van der Waals surface area contributed by atoms with Crippen LogP contribution in [0.5, 0.6) is 0 Å². The minimum atomic E-state index is -0.228. The Morgan fingerprint density at radius 1 is 1.11 bits per heavy atom.